The Morgan fingerprint density at radius 2 is 1.62 bits per heavy atom. The van der Waals surface area contributed by atoms with Gasteiger partial charge in [0, 0.05) is 16.6 Å². The van der Waals surface area contributed by atoms with E-state index in [1.165, 1.54) is 17.7 Å². The molecule has 2 atom stereocenters. The zero-order valence-electron chi connectivity index (χ0n) is 12.0. The average Bonchev–Trinajstić information content (AvgIpc) is 2.48. The predicted molar refractivity (Wildman–Crippen MR) is 85.1 cm³/mol. The third-order valence-electron chi connectivity index (χ3n) is 3.58. The summed E-state index contributed by atoms with van der Waals surface area (Å²) in [5.41, 5.74) is 1.92. The smallest absolute Gasteiger partial charge is 0.159 e. The fraction of sp³-hybridized carbons (Fsp3) is 0.294. The molecule has 0 radical (unpaired) electrons. The minimum absolute atomic E-state index is 0.0614. The molecule has 21 heavy (non-hydrogen) atoms. The van der Waals surface area contributed by atoms with Gasteiger partial charge in [0.1, 0.15) is 0 Å². The molecule has 0 spiro atoms. The fourth-order valence-corrected chi connectivity index (χ4v) is 2.59. The van der Waals surface area contributed by atoms with Gasteiger partial charge in [-0.3, -0.25) is 0 Å². The van der Waals surface area contributed by atoms with Gasteiger partial charge in [-0.25, -0.2) is 8.78 Å². The first-order valence-electron chi connectivity index (χ1n) is 6.97. The van der Waals surface area contributed by atoms with Gasteiger partial charge in [-0.15, -0.1) is 0 Å². The molecule has 0 bridgehead atoms. The van der Waals surface area contributed by atoms with E-state index < -0.39 is 11.6 Å². The Hall–Kier alpha value is -1.26. The van der Waals surface area contributed by atoms with E-state index in [4.69, 9.17) is 0 Å². The SMILES string of the molecule is CCC(NC(C)c1ccc(F)c(F)c1)c1ccc(Br)cc1. The standard InChI is InChI=1S/C17H18BrF2N/c1-3-17(12-4-7-14(18)8-5-12)21-11(2)13-6-9-15(19)16(20)10-13/h4-11,17,21H,3H2,1-2H3. The van der Waals surface area contributed by atoms with Crippen molar-refractivity contribution in [2.75, 3.05) is 0 Å². The van der Waals surface area contributed by atoms with Gasteiger partial charge in [0.05, 0.1) is 0 Å². The van der Waals surface area contributed by atoms with Crippen molar-refractivity contribution in [3.8, 4) is 0 Å². The van der Waals surface area contributed by atoms with Crippen LogP contribution in [0.3, 0.4) is 0 Å². The molecule has 0 aliphatic heterocycles. The van der Waals surface area contributed by atoms with Gasteiger partial charge in [0.25, 0.3) is 0 Å². The summed E-state index contributed by atoms with van der Waals surface area (Å²) in [5.74, 6) is -1.62. The summed E-state index contributed by atoms with van der Waals surface area (Å²) in [6.45, 7) is 4.05. The maximum Gasteiger partial charge on any atom is 0.159 e. The van der Waals surface area contributed by atoms with Gasteiger partial charge in [-0.05, 0) is 48.7 Å². The van der Waals surface area contributed by atoms with Gasteiger partial charge in [-0.1, -0.05) is 41.1 Å². The monoisotopic (exact) mass is 353 g/mol. The van der Waals surface area contributed by atoms with Crippen molar-refractivity contribution >= 4 is 15.9 Å². The van der Waals surface area contributed by atoms with Crippen molar-refractivity contribution < 1.29 is 8.78 Å². The number of hydrogen-bond donors (Lipinski definition) is 1. The van der Waals surface area contributed by atoms with Gasteiger partial charge in [-0.2, -0.15) is 0 Å². The first-order chi connectivity index (χ1) is 10.0. The van der Waals surface area contributed by atoms with E-state index in [2.05, 4.69) is 40.3 Å². The Balaban J connectivity index is 2.13. The summed E-state index contributed by atoms with van der Waals surface area (Å²) in [7, 11) is 0. The van der Waals surface area contributed by atoms with Gasteiger partial charge >= 0.3 is 0 Å². The molecule has 2 rings (SSSR count). The first kappa shape index (κ1) is 16.1. The highest BCUT2D eigenvalue weighted by molar-refractivity contribution is 9.10. The fourth-order valence-electron chi connectivity index (χ4n) is 2.32. The normalized spacial score (nSPS) is 14.0. The molecule has 1 nitrogen and oxygen atoms in total. The number of nitrogens with one attached hydrogen (secondary N) is 1. The Labute approximate surface area is 132 Å². The zero-order valence-corrected chi connectivity index (χ0v) is 13.6. The average molecular weight is 354 g/mol. The minimum atomic E-state index is -0.814. The van der Waals surface area contributed by atoms with Crippen LogP contribution in [0.25, 0.3) is 0 Å². The second-order valence-electron chi connectivity index (χ2n) is 5.07. The van der Waals surface area contributed by atoms with Crippen LogP contribution in [0.5, 0.6) is 0 Å². The largest absolute Gasteiger partial charge is 0.303 e. The second-order valence-corrected chi connectivity index (χ2v) is 5.99. The van der Waals surface area contributed by atoms with Crippen molar-refractivity contribution in [1.82, 2.24) is 5.32 Å². The molecule has 0 aliphatic carbocycles. The lowest BCUT2D eigenvalue weighted by atomic mass is 10.0. The van der Waals surface area contributed by atoms with Crippen LogP contribution in [0.2, 0.25) is 0 Å². The summed E-state index contributed by atoms with van der Waals surface area (Å²) in [6.07, 6.45) is 0.912. The Morgan fingerprint density at radius 1 is 1.00 bits per heavy atom. The molecule has 0 amide bonds. The Morgan fingerprint density at radius 3 is 2.19 bits per heavy atom. The number of rotatable bonds is 5. The van der Waals surface area contributed by atoms with Crippen molar-refractivity contribution in [1.29, 1.82) is 0 Å². The van der Waals surface area contributed by atoms with Crippen LogP contribution >= 0.6 is 15.9 Å². The maximum absolute atomic E-state index is 13.3. The molecule has 0 heterocycles. The number of halogens is 3. The van der Waals surface area contributed by atoms with Crippen LogP contribution in [0, 0.1) is 11.6 Å². The van der Waals surface area contributed by atoms with E-state index in [1.807, 2.05) is 19.1 Å². The molecule has 0 aromatic heterocycles. The molecule has 0 saturated carbocycles. The van der Waals surface area contributed by atoms with E-state index in [-0.39, 0.29) is 12.1 Å². The molecular formula is C17H18BrF2N. The van der Waals surface area contributed by atoms with Gasteiger partial charge < -0.3 is 5.32 Å². The summed E-state index contributed by atoms with van der Waals surface area (Å²) in [4.78, 5) is 0. The highest BCUT2D eigenvalue weighted by atomic mass is 79.9. The highest BCUT2D eigenvalue weighted by Gasteiger charge is 2.15. The Kier molecular flexibility index (Phi) is 5.48. The van der Waals surface area contributed by atoms with Gasteiger partial charge in [0.15, 0.2) is 11.6 Å². The van der Waals surface area contributed by atoms with Crippen molar-refractivity contribution in [2.24, 2.45) is 0 Å². The first-order valence-corrected chi connectivity index (χ1v) is 7.77. The van der Waals surface area contributed by atoms with Crippen molar-refractivity contribution in [2.45, 2.75) is 32.4 Å². The van der Waals surface area contributed by atoms with E-state index in [0.29, 0.717) is 0 Å². The van der Waals surface area contributed by atoms with Crippen molar-refractivity contribution in [3.05, 3.63) is 69.7 Å². The van der Waals surface area contributed by atoms with Crippen LogP contribution in [-0.2, 0) is 0 Å². The number of hydrogen-bond acceptors (Lipinski definition) is 1. The summed E-state index contributed by atoms with van der Waals surface area (Å²) < 4.78 is 27.3. The molecule has 2 aromatic carbocycles. The topological polar surface area (TPSA) is 12.0 Å². The van der Waals surface area contributed by atoms with Crippen LogP contribution in [0.1, 0.15) is 43.5 Å². The molecule has 0 aliphatic rings. The third-order valence-corrected chi connectivity index (χ3v) is 4.10. The highest BCUT2D eigenvalue weighted by Crippen LogP contribution is 2.24. The number of benzene rings is 2. The van der Waals surface area contributed by atoms with E-state index in [0.717, 1.165) is 16.5 Å². The van der Waals surface area contributed by atoms with Gasteiger partial charge in [0.2, 0.25) is 0 Å². The maximum atomic E-state index is 13.3. The molecular weight excluding hydrogens is 336 g/mol. The second kappa shape index (κ2) is 7.14. The molecule has 2 unspecified atom stereocenters. The quantitative estimate of drug-likeness (QED) is 0.745. The molecule has 112 valence electrons. The molecule has 0 fully saturated rings. The molecule has 4 heteroatoms. The lowest BCUT2D eigenvalue weighted by Gasteiger charge is -2.23. The van der Waals surface area contributed by atoms with Crippen LogP contribution in [0.4, 0.5) is 8.78 Å². The molecule has 0 saturated heterocycles. The molecule has 1 N–H and O–H groups in total. The van der Waals surface area contributed by atoms with E-state index in [1.54, 1.807) is 6.07 Å². The van der Waals surface area contributed by atoms with Crippen LogP contribution in [-0.4, -0.2) is 0 Å². The van der Waals surface area contributed by atoms with E-state index >= 15 is 0 Å². The van der Waals surface area contributed by atoms with E-state index in [9.17, 15) is 8.78 Å². The van der Waals surface area contributed by atoms with Crippen LogP contribution < -0.4 is 5.32 Å². The zero-order chi connectivity index (χ0) is 15.4. The van der Waals surface area contributed by atoms with Crippen LogP contribution in [0.15, 0.2) is 46.9 Å². The summed E-state index contributed by atoms with van der Waals surface area (Å²) in [5, 5.41) is 3.46. The third kappa shape index (κ3) is 4.11. The lowest BCUT2D eigenvalue weighted by molar-refractivity contribution is 0.451. The predicted octanol–water partition coefficient (Wildman–Crippen LogP) is 5.53. The Bertz CT molecular complexity index is 598. The lowest BCUT2D eigenvalue weighted by Crippen LogP contribution is -2.24. The minimum Gasteiger partial charge on any atom is -0.303 e. The summed E-state index contributed by atoms with van der Waals surface area (Å²) in [6, 6.07) is 12.3. The summed E-state index contributed by atoms with van der Waals surface area (Å²) >= 11 is 3.42. The molecule has 2 aromatic rings. The van der Waals surface area contributed by atoms with Crippen molar-refractivity contribution in [3.63, 3.8) is 0 Å².